The monoisotopic (exact) mass is 285 g/mol. The van der Waals surface area contributed by atoms with Crippen LogP contribution in [-0.2, 0) is 16.0 Å². The van der Waals surface area contributed by atoms with Gasteiger partial charge in [-0.15, -0.1) is 0 Å². The molecule has 0 fully saturated rings. The van der Waals surface area contributed by atoms with Crippen molar-refractivity contribution in [2.75, 3.05) is 7.11 Å². The van der Waals surface area contributed by atoms with Crippen molar-refractivity contribution in [1.82, 2.24) is 0 Å². The van der Waals surface area contributed by atoms with Crippen molar-refractivity contribution in [3.05, 3.63) is 59.3 Å². The number of esters is 1. The minimum Gasteiger partial charge on any atom is -0.466 e. The van der Waals surface area contributed by atoms with Gasteiger partial charge in [0.1, 0.15) is 0 Å². The maximum Gasteiger partial charge on any atom is 0.330 e. The summed E-state index contributed by atoms with van der Waals surface area (Å²) in [6.07, 6.45) is 6.77. The van der Waals surface area contributed by atoms with E-state index in [1.165, 1.54) is 18.7 Å². The Kier molecular flexibility index (Phi) is 7.16. The molecule has 3 nitrogen and oxygen atoms in total. The molecule has 1 aromatic rings. The third-order valence-electron chi connectivity index (χ3n) is 3.22. The number of hydrogen-bond acceptors (Lipinski definition) is 3. The van der Waals surface area contributed by atoms with Gasteiger partial charge >= 0.3 is 5.97 Å². The van der Waals surface area contributed by atoms with Gasteiger partial charge in [-0.3, -0.25) is 4.99 Å². The van der Waals surface area contributed by atoms with Gasteiger partial charge in [-0.25, -0.2) is 4.79 Å². The van der Waals surface area contributed by atoms with Crippen molar-refractivity contribution in [2.24, 2.45) is 4.99 Å². The van der Waals surface area contributed by atoms with Crippen molar-refractivity contribution in [1.29, 1.82) is 0 Å². The predicted molar refractivity (Wildman–Crippen MR) is 87.6 cm³/mol. The third kappa shape index (κ3) is 5.78. The van der Waals surface area contributed by atoms with Crippen molar-refractivity contribution in [3.8, 4) is 0 Å². The van der Waals surface area contributed by atoms with E-state index >= 15 is 0 Å². The maximum absolute atomic E-state index is 11.1. The molecule has 3 heteroatoms. The summed E-state index contributed by atoms with van der Waals surface area (Å²) >= 11 is 0. The summed E-state index contributed by atoms with van der Waals surface area (Å²) < 4.78 is 4.58. The molecule has 0 radical (unpaired) electrons. The van der Waals surface area contributed by atoms with Crippen LogP contribution in [0.5, 0.6) is 0 Å². The van der Waals surface area contributed by atoms with Crippen molar-refractivity contribution in [3.63, 3.8) is 0 Å². The summed E-state index contributed by atoms with van der Waals surface area (Å²) in [6, 6.07) is 8.38. The Hall–Kier alpha value is -2.16. The smallest absolute Gasteiger partial charge is 0.330 e. The molecule has 1 aromatic carbocycles. The van der Waals surface area contributed by atoms with Gasteiger partial charge < -0.3 is 4.74 Å². The SMILES string of the molecule is CCC(/C=C/C(=O)OC)=C\N=C(C)c1cccc(CC)c1. The molecule has 21 heavy (non-hydrogen) atoms. The Labute approximate surface area is 127 Å². The zero-order valence-corrected chi connectivity index (χ0v) is 13.2. The summed E-state index contributed by atoms with van der Waals surface area (Å²) in [5, 5.41) is 0. The van der Waals surface area contributed by atoms with Crippen LogP contribution >= 0.6 is 0 Å². The lowest BCUT2D eigenvalue weighted by molar-refractivity contribution is -0.134. The first-order valence-corrected chi connectivity index (χ1v) is 7.19. The van der Waals surface area contributed by atoms with Crippen LogP contribution in [0.4, 0.5) is 0 Å². The van der Waals surface area contributed by atoms with Crippen LogP contribution in [0.3, 0.4) is 0 Å². The molecule has 1 rings (SSSR count). The Balaban J connectivity index is 2.90. The van der Waals surface area contributed by atoms with Crippen LogP contribution in [0, 0.1) is 0 Å². The fourth-order valence-corrected chi connectivity index (χ4v) is 1.77. The number of carbonyl (C=O) groups is 1. The number of benzene rings is 1. The lowest BCUT2D eigenvalue weighted by atomic mass is 10.1. The van der Waals surface area contributed by atoms with E-state index in [2.05, 4.69) is 40.9 Å². The third-order valence-corrected chi connectivity index (χ3v) is 3.22. The number of allylic oxidation sites excluding steroid dienone is 2. The van der Waals surface area contributed by atoms with E-state index < -0.39 is 0 Å². The molecule has 0 amide bonds. The van der Waals surface area contributed by atoms with Crippen LogP contribution in [0.15, 0.2) is 53.2 Å². The summed E-state index contributed by atoms with van der Waals surface area (Å²) in [6.45, 7) is 6.15. The average molecular weight is 285 g/mol. The number of nitrogens with zero attached hydrogens (tertiary/aromatic N) is 1. The van der Waals surface area contributed by atoms with Crippen molar-refractivity contribution in [2.45, 2.75) is 33.6 Å². The second kappa shape index (κ2) is 8.90. The highest BCUT2D eigenvalue weighted by Crippen LogP contribution is 2.09. The highest BCUT2D eigenvalue weighted by Gasteiger charge is 1.98. The largest absolute Gasteiger partial charge is 0.466 e. The van der Waals surface area contributed by atoms with Crippen molar-refractivity contribution >= 4 is 11.7 Å². The Morgan fingerprint density at radius 3 is 2.67 bits per heavy atom. The molecule has 0 atom stereocenters. The molecule has 0 bridgehead atoms. The van der Waals surface area contributed by atoms with Crippen LogP contribution in [0.2, 0.25) is 0 Å². The van der Waals surface area contributed by atoms with Gasteiger partial charge in [0.2, 0.25) is 0 Å². The number of aryl methyl sites for hydroxylation is 1. The predicted octanol–water partition coefficient (Wildman–Crippen LogP) is 4.08. The molecule has 0 unspecified atom stereocenters. The van der Waals surface area contributed by atoms with Crippen LogP contribution in [-0.4, -0.2) is 18.8 Å². The topological polar surface area (TPSA) is 38.7 Å². The van der Waals surface area contributed by atoms with Crippen LogP contribution < -0.4 is 0 Å². The Morgan fingerprint density at radius 2 is 2.05 bits per heavy atom. The Bertz CT molecular complexity index is 568. The molecule has 0 N–H and O–H groups in total. The number of hydrogen-bond donors (Lipinski definition) is 0. The summed E-state index contributed by atoms with van der Waals surface area (Å²) in [5.41, 5.74) is 4.36. The number of rotatable bonds is 6. The van der Waals surface area contributed by atoms with E-state index in [-0.39, 0.29) is 5.97 Å². The van der Waals surface area contributed by atoms with Gasteiger partial charge in [0.25, 0.3) is 0 Å². The van der Waals surface area contributed by atoms with E-state index in [9.17, 15) is 4.79 Å². The summed E-state index contributed by atoms with van der Waals surface area (Å²) in [4.78, 5) is 15.6. The minimum absolute atomic E-state index is 0.356. The molecule has 0 aromatic heterocycles. The van der Waals surface area contributed by atoms with Gasteiger partial charge in [-0.05, 0) is 42.5 Å². The zero-order valence-electron chi connectivity index (χ0n) is 13.2. The van der Waals surface area contributed by atoms with E-state index in [0.717, 1.165) is 29.7 Å². The first-order valence-electron chi connectivity index (χ1n) is 7.19. The maximum atomic E-state index is 11.1. The second-order valence-corrected chi connectivity index (χ2v) is 4.68. The van der Waals surface area contributed by atoms with Gasteiger partial charge in [-0.1, -0.05) is 38.1 Å². The van der Waals surface area contributed by atoms with Gasteiger partial charge in [-0.2, -0.15) is 0 Å². The van der Waals surface area contributed by atoms with Crippen molar-refractivity contribution < 1.29 is 9.53 Å². The highest BCUT2D eigenvalue weighted by atomic mass is 16.5. The average Bonchev–Trinajstić information content (AvgIpc) is 2.54. The number of carbonyl (C=O) groups excluding carboxylic acids is 1. The number of methoxy groups -OCH3 is 1. The fourth-order valence-electron chi connectivity index (χ4n) is 1.77. The summed E-state index contributed by atoms with van der Waals surface area (Å²) in [7, 11) is 1.37. The van der Waals surface area contributed by atoms with E-state index in [0.29, 0.717) is 0 Å². The molecule has 0 saturated heterocycles. The van der Waals surface area contributed by atoms with E-state index in [1.54, 1.807) is 12.3 Å². The second-order valence-electron chi connectivity index (χ2n) is 4.68. The number of ether oxygens (including phenoxy) is 1. The zero-order chi connectivity index (χ0) is 15.7. The standard InChI is InChI=1S/C18H23NO2/c1-5-15-8-7-9-17(12-15)14(3)19-13-16(6-2)10-11-18(20)21-4/h7-13H,5-6H2,1-4H3/b11-10+,16-13+,19-14?. The normalized spacial score (nSPS) is 12.8. The molecule has 0 spiro atoms. The van der Waals surface area contributed by atoms with E-state index in [1.807, 2.05) is 13.8 Å². The Morgan fingerprint density at radius 1 is 1.29 bits per heavy atom. The molecule has 0 aliphatic heterocycles. The molecule has 0 aliphatic rings. The fraction of sp³-hybridized carbons (Fsp3) is 0.333. The molecule has 0 aliphatic carbocycles. The lowest BCUT2D eigenvalue weighted by Gasteiger charge is -2.03. The lowest BCUT2D eigenvalue weighted by Crippen LogP contribution is -1.95. The van der Waals surface area contributed by atoms with Gasteiger partial charge in [0.15, 0.2) is 0 Å². The molecular formula is C18H23NO2. The minimum atomic E-state index is -0.356. The molecular weight excluding hydrogens is 262 g/mol. The van der Waals surface area contributed by atoms with Crippen LogP contribution in [0.25, 0.3) is 0 Å². The molecule has 0 heterocycles. The quantitative estimate of drug-likeness (QED) is 0.342. The molecule has 0 saturated carbocycles. The number of aliphatic imine (C=N–C) groups is 1. The van der Waals surface area contributed by atoms with E-state index in [4.69, 9.17) is 0 Å². The highest BCUT2D eigenvalue weighted by molar-refractivity contribution is 5.99. The summed E-state index contributed by atoms with van der Waals surface area (Å²) in [5.74, 6) is -0.356. The van der Waals surface area contributed by atoms with Gasteiger partial charge in [0.05, 0.1) is 7.11 Å². The first-order chi connectivity index (χ1) is 10.1. The van der Waals surface area contributed by atoms with Crippen LogP contribution in [0.1, 0.15) is 38.3 Å². The first kappa shape index (κ1) is 16.9. The molecule has 112 valence electrons. The van der Waals surface area contributed by atoms with Gasteiger partial charge in [0, 0.05) is 18.0 Å².